The van der Waals surface area contributed by atoms with Crippen LogP contribution in [0.5, 0.6) is 0 Å². The number of benzene rings is 2. The quantitative estimate of drug-likeness (QED) is 0.736. The summed E-state index contributed by atoms with van der Waals surface area (Å²) in [5.41, 5.74) is 2.95. The third-order valence-corrected chi connectivity index (χ3v) is 4.24. The second-order valence-corrected chi connectivity index (χ2v) is 5.78. The molecule has 106 valence electrons. The maximum absolute atomic E-state index is 2.27. The Labute approximate surface area is 128 Å². The molecule has 0 unspecified atom stereocenters. The van der Waals surface area contributed by atoms with Crippen molar-refractivity contribution in [1.82, 2.24) is 0 Å². The fraction of sp³-hybridized carbons (Fsp3) is 0.333. The average Bonchev–Trinajstić information content (AvgIpc) is 2.89. The number of rotatable bonds is 4. The Morgan fingerprint density at radius 2 is 1.05 bits per heavy atom. The first-order valence-electron chi connectivity index (χ1n) is 7.29. The minimum absolute atomic E-state index is 0. The molecule has 3 rings (SSSR count). The van der Waals surface area contributed by atoms with Crippen LogP contribution in [0.3, 0.4) is 0 Å². The number of hydrogen-bond donors (Lipinski definition) is 0. The van der Waals surface area contributed by atoms with E-state index >= 15 is 0 Å². The first-order valence-corrected chi connectivity index (χ1v) is 7.29. The van der Waals surface area contributed by atoms with Gasteiger partial charge in [-0.3, -0.25) is 0 Å². The van der Waals surface area contributed by atoms with Gasteiger partial charge in [-0.2, -0.15) is 0 Å². The Morgan fingerprint density at radius 3 is 1.45 bits per heavy atom. The first kappa shape index (κ1) is 15.1. The molecule has 1 fully saturated rings. The molecule has 0 amide bonds. The van der Waals surface area contributed by atoms with Gasteiger partial charge in [0.15, 0.2) is 0 Å². The normalized spacial score (nSPS) is 16.6. The molecule has 0 N–H and O–H groups in total. The van der Waals surface area contributed by atoms with Crippen LogP contribution < -0.4 is 12.4 Å². The highest BCUT2D eigenvalue weighted by Crippen LogP contribution is 2.26. The summed E-state index contributed by atoms with van der Waals surface area (Å²) >= 11 is 0. The summed E-state index contributed by atoms with van der Waals surface area (Å²) in [7, 11) is 0. The van der Waals surface area contributed by atoms with Gasteiger partial charge in [0, 0.05) is 24.0 Å². The zero-order valence-corrected chi connectivity index (χ0v) is 12.6. The number of halogens is 1. The van der Waals surface area contributed by atoms with Gasteiger partial charge in [0.1, 0.15) is 13.1 Å². The highest BCUT2D eigenvalue weighted by Gasteiger charge is 2.32. The van der Waals surface area contributed by atoms with Crippen molar-refractivity contribution in [2.75, 3.05) is 13.1 Å². The molecule has 0 bridgehead atoms. The fourth-order valence-electron chi connectivity index (χ4n) is 3.32. The largest absolute Gasteiger partial charge is 1.00 e. The lowest BCUT2D eigenvalue weighted by Gasteiger charge is -2.34. The number of quaternary nitrogens is 1. The molecule has 1 aliphatic rings. The summed E-state index contributed by atoms with van der Waals surface area (Å²) in [5.74, 6) is 0. The van der Waals surface area contributed by atoms with Crippen LogP contribution in [0.25, 0.3) is 0 Å². The average molecular weight is 288 g/mol. The zero-order chi connectivity index (χ0) is 13.0. The van der Waals surface area contributed by atoms with Crippen LogP contribution in [0.4, 0.5) is 0 Å². The fourth-order valence-corrected chi connectivity index (χ4v) is 3.32. The van der Waals surface area contributed by atoms with E-state index in [1.54, 1.807) is 0 Å². The highest BCUT2D eigenvalue weighted by molar-refractivity contribution is 5.15. The maximum atomic E-state index is 2.27. The van der Waals surface area contributed by atoms with Gasteiger partial charge in [-0.25, -0.2) is 0 Å². The topological polar surface area (TPSA) is 0 Å². The summed E-state index contributed by atoms with van der Waals surface area (Å²) in [6.07, 6.45) is 2.75. The predicted octanol–water partition coefficient (Wildman–Crippen LogP) is 1.00. The summed E-state index contributed by atoms with van der Waals surface area (Å²) in [5, 5.41) is 0. The van der Waals surface area contributed by atoms with Crippen LogP contribution in [0, 0.1) is 0 Å². The Kier molecular flexibility index (Phi) is 5.22. The van der Waals surface area contributed by atoms with Gasteiger partial charge in [0.2, 0.25) is 0 Å². The van der Waals surface area contributed by atoms with E-state index in [2.05, 4.69) is 60.7 Å². The van der Waals surface area contributed by atoms with Gasteiger partial charge < -0.3 is 16.9 Å². The smallest absolute Gasteiger partial charge is 0.105 e. The molecule has 20 heavy (non-hydrogen) atoms. The SMILES string of the molecule is [Cl-].c1ccc(C[N+]2(Cc3ccccc3)CCCC2)cc1. The van der Waals surface area contributed by atoms with E-state index in [0.29, 0.717) is 0 Å². The molecule has 0 aromatic heterocycles. The monoisotopic (exact) mass is 287 g/mol. The Balaban J connectivity index is 0.00000147. The molecular weight excluding hydrogens is 266 g/mol. The molecule has 1 aliphatic heterocycles. The van der Waals surface area contributed by atoms with Crippen molar-refractivity contribution in [3.8, 4) is 0 Å². The van der Waals surface area contributed by atoms with Crippen molar-refractivity contribution >= 4 is 0 Å². The van der Waals surface area contributed by atoms with Gasteiger partial charge in [-0.15, -0.1) is 0 Å². The Hall–Kier alpha value is -1.31. The second-order valence-electron chi connectivity index (χ2n) is 5.78. The highest BCUT2D eigenvalue weighted by atomic mass is 35.5. The van der Waals surface area contributed by atoms with Gasteiger partial charge in [0.05, 0.1) is 13.1 Å². The van der Waals surface area contributed by atoms with Crippen molar-refractivity contribution in [2.45, 2.75) is 25.9 Å². The van der Waals surface area contributed by atoms with Crippen molar-refractivity contribution in [1.29, 1.82) is 0 Å². The molecule has 0 aliphatic carbocycles. The lowest BCUT2D eigenvalue weighted by Crippen LogP contribution is -3.00. The molecular formula is C18H22ClN. The third kappa shape index (κ3) is 3.62. The van der Waals surface area contributed by atoms with E-state index < -0.39 is 0 Å². The van der Waals surface area contributed by atoms with Crippen LogP contribution >= 0.6 is 0 Å². The molecule has 1 saturated heterocycles. The summed E-state index contributed by atoms with van der Waals surface area (Å²) in [6, 6.07) is 21.9. The molecule has 1 nitrogen and oxygen atoms in total. The van der Waals surface area contributed by atoms with Crippen molar-refractivity contribution < 1.29 is 16.9 Å². The summed E-state index contributed by atoms with van der Waals surface area (Å²) in [4.78, 5) is 0. The van der Waals surface area contributed by atoms with Gasteiger partial charge in [-0.05, 0) is 0 Å². The van der Waals surface area contributed by atoms with E-state index in [1.165, 1.54) is 54.6 Å². The lowest BCUT2D eigenvalue weighted by atomic mass is 10.1. The summed E-state index contributed by atoms with van der Waals surface area (Å²) in [6.45, 7) is 5.00. The van der Waals surface area contributed by atoms with Gasteiger partial charge >= 0.3 is 0 Å². The molecule has 1 heterocycles. The standard InChI is InChI=1S/C18H22N.ClH/c1-3-9-17(10-4-1)15-19(13-7-8-14-19)16-18-11-5-2-6-12-18;/h1-6,9-12H,7-8,13-16H2;1H/q+1;/p-1. The molecule has 0 radical (unpaired) electrons. The van der Waals surface area contributed by atoms with Crippen LogP contribution in [0.1, 0.15) is 24.0 Å². The van der Waals surface area contributed by atoms with Crippen molar-refractivity contribution in [3.63, 3.8) is 0 Å². The van der Waals surface area contributed by atoms with E-state index in [9.17, 15) is 0 Å². The van der Waals surface area contributed by atoms with Crippen LogP contribution in [0.15, 0.2) is 60.7 Å². The molecule has 0 saturated carbocycles. The Bertz CT molecular complexity index is 460. The number of hydrogen-bond acceptors (Lipinski definition) is 0. The van der Waals surface area contributed by atoms with Crippen molar-refractivity contribution in [3.05, 3.63) is 71.8 Å². The number of nitrogens with zero attached hydrogens (tertiary/aromatic N) is 1. The van der Waals surface area contributed by atoms with Crippen LogP contribution in [-0.2, 0) is 13.1 Å². The molecule has 2 aromatic carbocycles. The van der Waals surface area contributed by atoms with Crippen molar-refractivity contribution in [2.24, 2.45) is 0 Å². The predicted molar refractivity (Wildman–Crippen MR) is 79.5 cm³/mol. The lowest BCUT2D eigenvalue weighted by molar-refractivity contribution is -0.942. The minimum Gasteiger partial charge on any atom is -1.00 e. The first-order chi connectivity index (χ1) is 9.36. The zero-order valence-electron chi connectivity index (χ0n) is 11.8. The molecule has 2 heteroatoms. The minimum atomic E-state index is 0. The van der Waals surface area contributed by atoms with Crippen LogP contribution in [-0.4, -0.2) is 17.6 Å². The summed E-state index contributed by atoms with van der Waals surface area (Å²) < 4.78 is 1.23. The van der Waals surface area contributed by atoms with E-state index in [-0.39, 0.29) is 12.4 Å². The van der Waals surface area contributed by atoms with Gasteiger partial charge in [0.25, 0.3) is 0 Å². The van der Waals surface area contributed by atoms with E-state index in [4.69, 9.17) is 0 Å². The molecule has 0 spiro atoms. The van der Waals surface area contributed by atoms with E-state index in [0.717, 1.165) is 0 Å². The third-order valence-electron chi connectivity index (χ3n) is 4.24. The van der Waals surface area contributed by atoms with Crippen LogP contribution in [0.2, 0.25) is 0 Å². The number of likely N-dealkylation sites (tertiary alicyclic amines) is 1. The molecule has 0 atom stereocenters. The second kappa shape index (κ2) is 6.92. The Morgan fingerprint density at radius 1 is 0.650 bits per heavy atom. The van der Waals surface area contributed by atoms with E-state index in [1.807, 2.05) is 0 Å². The molecule has 2 aromatic rings. The maximum Gasteiger partial charge on any atom is 0.105 e. The van der Waals surface area contributed by atoms with Gasteiger partial charge in [-0.1, -0.05) is 60.7 Å².